The van der Waals surface area contributed by atoms with Crippen LogP contribution in [0.15, 0.2) is 30.6 Å². The van der Waals surface area contributed by atoms with Crippen molar-refractivity contribution in [3.63, 3.8) is 0 Å². The standard InChI is InChI=1S/C14H13N5O/c1-10-6-11-4-2-3-5-12(11)19(10)14(20)8-18-9-16-13(7-15)17-18/h2-5,9-10H,6,8H2,1H3. The van der Waals surface area contributed by atoms with Gasteiger partial charge in [-0.3, -0.25) is 4.79 Å². The van der Waals surface area contributed by atoms with Crippen LogP contribution in [0.4, 0.5) is 5.69 Å². The maximum atomic E-state index is 12.4. The summed E-state index contributed by atoms with van der Waals surface area (Å²) in [6.45, 7) is 2.12. The third-order valence-electron chi connectivity index (χ3n) is 3.41. The number of hydrogen-bond donors (Lipinski definition) is 0. The van der Waals surface area contributed by atoms with Crippen molar-refractivity contribution in [3.8, 4) is 6.07 Å². The molecule has 0 bridgehead atoms. The molecule has 0 N–H and O–H groups in total. The average molecular weight is 267 g/mol. The second-order valence-corrected chi connectivity index (χ2v) is 4.82. The van der Waals surface area contributed by atoms with Gasteiger partial charge in [0.1, 0.15) is 18.9 Å². The molecule has 1 aromatic carbocycles. The zero-order valence-corrected chi connectivity index (χ0v) is 11.0. The van der Waals surface area contributed by atoms with Gasteiger partial charge in [0.15, 0.2) is 0 Å². The van der Waals surface area contributed by atoms with Gasteiger partial charge in [-0.05, 0) is 25.0 Å². The van der Waals surface area contributed by atoms with Crippen LogP contribution in [-0.4, -0.2) is 26.7 Å². The number of aromatic nitrogens is 3. The third kappa shape index (κ3) is 2.03. The fourth-order valence-corrected chi connectivity index (χ4v) is 2.58. The maximum absolute atomic E-state index is 12.4. The quantitative estimate of drug-likeness (QED) is 0.817. The first-order chi connectivity index (χ1) is 9.69. The van der Waals surface area contributed by atoms with Crippen molar-refractivity contribution in [2.45, 2.75) is 25.9 Å². The zero-order valence-electron chi connectivity index (χ0n) is 11.0. The Hall–Kier alpha value is -2.68. The fraction of sp³-hybridized carbons (Fsp3) is 0.286. The van der Waals surface area contributed by atoms with Crippen LogP contribution in [0.1, 0.15) is 18.3 Å². The van der Waals surface area contributed by atoms with E-state index in [0.29, 0.717) is 0 Å². The molecule has 3 rings (SSSR count). The number of amides is 1. The fourth-order valence-electron chi connectivity index (χ4n) is 2.58. The van der Waals surface area contributed by atoms with E-state index in [1.165, 1.54) is 16.6 Å². The lowest BCUT2D eigenvalue weighted by atomic mass is 10.1. The van der Waals surface area contributed by atoms with Gasteiger partial charge < -0.3 is 4.90 Å². The number of hydrogen-bond acceptors (Lipinski definition) is 4. The van der Waals surface area contributed by atoms with E-state index in [-0.39, 0.29) is 24.3 Å². The van der Waals surface area contributed by atoms with Crippen LogP contribution in [0.5, 0.6) is 0 Å². The first-order valence-corrected chi connectivity index (χ1v) is 6.38. The number of carbonyl (C=O) groups is 1. The first kappa shape index (κ1) is 12.4. The lowest BCUT2D eigenvalue weighted by Crippen LogP contribution is -2.38. The molecular formula is C14H13N5O. The van der Waals surface area contributed by atoms with Crippen molar-refractivity contribution in [3.05, 3.63) is 42.0 Å². The van der Waals surface area contributed by atoms with E-state index in [0.717, 1.165) is 12.1 Å². The van der Waals surface area contributed by atoms with Gasteiger partial charge >= 0.3 is 0 Å². The van der Waals surface area contributed by atoms with Crippen LogP contribution in [0, 0.1) is 11.3 Å². The van der Waals surface area contributed by atoms with Gasteiger partial charge in [-0.15, -0.1) is 5.10 Å². The van der Waals surface area contributed by atoms with Gasteiger partial charge in [0.05, 0.1) is 0 Å². The normalized spacial score (nSPS) is 16.8. The summed E-state index contributed by atoms with van der Waals surface area (Å²) in [6, 6.07) is 9.90. The number of rotatable bonds is 2. The molecule has 1 unspecified atom stereocenters. The molecule has 0 saturated carbocycles. The molecule has 1 amide bonds. The van der Waals surface area contributed by atoms with Crippen molar-refractivity contribution < 1.29 is 4.79 Å². The molecule has 0 spiro atoms. The van der Waals surface area contributed by atoms with Crippen LogP contribution < -0.4 is 4.90 Å². The highest BCUT2D eigenvalue weighted by molar-refractivity contribution is 5.95. The van der Waals surface area contributed by atoms with Gasteiger partial charge in [-0.2, -0.15) is 5.26 Å². The molecule has 6 heteroatoms. The molecule has 0 radical (unpaired) electrons. The van der Waals surface area contributed by atoms with Gasteiger partial charge in [-0.1, -0.05) is 18.2 Å². The summed E-state index contributed by atoms with van der Waals surface area (Å²) in [6.07, 6.45) is 2.27. The van der Waals surface area contributed by atoms with Crippen molar-refractivity contribution in [1.29, 1.82) is 5.26 Å². The number of para-hydroxylation sites is 1. The summed E-state index contributed by atoms with van der Waals surface area (Å²) in [5.74, 6) is 0.0320. The Morgan fingerprint density at radius 2 is 2.30 bits per heavy atom. The lowest BCUT2D eigenvalue weighted by molar-refractivity contribution is -0.119. The van der Waals surface area contributed by atoms with E-state index >= 15 is 0 Å². The van der Waals surface area contributed by atoms with Crippen LogP contribution in [0.25, 0.3) is 0 Å². The van der Waals surface area contributed by atoms with Crippen molar-refractivity contribution in [2.24, 2.45) is 0 Å². The molecule has 20 heavy (non-hydrogen) atoms. The van der Waals surface area contributed by atoms with Gasteiger partial charge in [-0.25, -0.2) is 9.67 Å². The topological polar surface area (TPSA) is 74.8 Å². The number of nitrogens with zero attached hydrogens (tertiary/aromatic N) is 5. The number of fused-ring (bicyclic) bond motifs is 1. The summed E-state index contributed by atoms with van der Waals surface area (Å²) in [4.78, 5) is 18.0. The number of carbonyl (C=O) groups excluding carboxylic acids is 1. The minimum absolute atomic E-state index is 0.0446. The molecule has 0 saturated heterocycles. The molecule has 0 aliphatic carbocycles. The SMILES string of the molecule is CC1Cc2ccccc2N1C(=O)Cn1cnc(C#N)n1. The molecule has 100 valence electrons. The Labute approximate surface area is 116 Å². The molecule has 1 aromatic heterocycles. The highest BCUT2D eigenvalue weighted by atomic mass is 16.2. The largest absolute Gasteiger partial charge is 0.307 e. The van der Waals surface area contributed by atoms with E-state index in [2.05, 4.69) is 10.1 Å². The van der Waals surface area contributed by atoms with E-state index in [9.17, 15) is 4.79 Å². The summed E-state index contributed by atoms with van der Waals surface area (Å²) < 4.78 is 1.40. The predicted molar refractivity (Wildman–Crippen MR) is 71.8 cm³/mol. The highest BCUT2D eigenvalue weighted by Crippen LogP contribution is 2.31. The molecular weight excluding hydrogens is 254 g/mol. The van der Waals surface area contributed by atoms with E-state index in [4.69, 9.17) is 5.26 Å². The predicted octanol–water partition coefficient (Wildman–Crippen LogP) is 1.13. The molecule has 1 atom stereocenters. The highest BCUT2D eigenvalue weighted by Gasteiger charge is 2.30. The first-order valence-electron chi connectivity index (χ1n) is 6.38. The average Bonchev–Trinajstić information content (AvgIpc) is 3.01. The van der Waals surface area contributed by atoms with Gasteiger partial charge in [0, 0.05) is 11.7 Å². The Morgan fingerprint density at radius 1 is 1.50 bits per heavy atom. The second-order valence-electron chi connectivity index (χ2n) is 4.82. The summed E-state index contributed by atoms with van der Waals surface area (Å²) >= 11 is 0. The summed E-state index contributed by atoms with van der Waals surface area (Å²) in [7, 11) is 0. The minimum atomic E-state index is -0.0446. The van der Waals surface area contributed by atoms with E-state index in [1.807, 2.05) is 37.3 Å². The van der Waals surface area contributed by atoms with Gasteiger partial charge in [0.2, 0.25) is 5.91 Å². The Morgan fingerprint density at radius 3 is 3.05 bits per heavy atom. The smallest absolute Gasteiger partial charge is 0.252 e. The van der Waals surface area contributed by atoms with E-state index in [1.54, 1.807) is 4.90 Å². The number of anilines is 1. The van der Waals surface area contributed by atoms with Crippen molar-refractivity contribution in [2.75, 3.05) is 4.90 Å². The maximum Gasteiger partial charge on any atom is 0.252 e. The molecule has 2 heterocycles. The number of nitriles is 1. The number of benzene rings is 1. The van der Waals surface area contributed by atoms with Crippen LogP contribution >= 0.6 is 0 Å². The lowest BCUT2D eigenvalue weighted by Gasteiger charge is -2.22. The van der Waals surface area contributed by atoms with E-state index < -0.39 is 0 Å². The van der Waals surface area contributed by atoms with Crippen LogP contribution in [-0.2, 0) is 17.8 Å². The Kier molecular flexibility index (Phi) is 2.95. The molecule has 1 aliphatic rings. The molecule has 1 aliphatic heterocycles. The zero-order chi connectivity index (χ0) is 14.1. The monoisotopic (exact) mass is 267 g/mol. The second kappa shape index (κ2) is 4.78. The Bertz CT molecular complexity index is 700. The van der Waals surface area contributed by atoms with Crippen LogP contribution in [0.2, 0.25) is 0 Å². The minimum Gasteiger partial charge on any atom is -0.307 e. The van der Waals surface area contributed by atoms with Crippen LogP contribution in [0.3, 0.4) is 0 Å². The molecule has 2 aromatic rings. The van der Waals surface area contributed by atoms with Crippen molar-refractivity contribution >= 4 is 11.6 Å². The summed E-state index contributed by atoms with van der Waals surface area (Å²) in [5.41, 5.74) is 2.15. The third-order valence-corrected chi connectivity index (χ3v) is 3.41. The molecule has 6 nitrogen and oxygen atoms in total. The summed E-state index contributed by atoms with van der Waals surface area (Å²) in [5, 5.41) is 12.6. The van der Waals surface area contributed by atoms with Crippen molar-refractivity contribution in [1.82, 2.24) is 14.8 Å². The molecule has 0 fully saturated rings. The van der Waals surface area contributed by atoms with Gasteiger partial charge in [0.25, 0.3) is 5.82 Å². The Balaban J connectivity index is 1.82.